The van der Waals surface area contributed by atoms with E-state index in [9.17, 15) is 4.79 Å². The molecule has 0 radical (unpaired) electrons. The molecule has 1 aromatic heterocycles. The quantitative estimate of drug-likeness (QED) is 0.822. The van der Waals surface area contributed by atoms with E-state index in [2.05, 4.69) is 15.3 Å². The lowest BCUT2D eigenvalue weighted by atomic mass is 10.1. The second-order valence-electron chi connectivity index (χ2n) is 4.24. The van der Waals surface area contributed by atoms with Crippen LogP contribution in [0.1, 0.15) is 12.8 Å². The molecule has 1 saturated heterocycles. The molecule has 1 aliphatic rings. The molecule has 0 unspecified atom stereocenters. The summed E-state index contributed by atoms with van der Waals surface area (Å²) in [6.07, 6.45) is 2.07. The van der Waals surface area contributed by atoms with Crippen LogP contribution in [-0.2, 0) is 0 Å². The number of carbonyl (C=O) groups is 1. The molecule has 1 amide bonds. The zero-order valence-corrected chi connectivity index (χ0v) is 11.2. The molecule has 0 aliphatic carbocycles. The van der Waals surface area contributed by atoms with Crippen molar-refractivity contribution < 1.29 is 14.6 Å². The Bertz CT molecular complexity index is 463. The Hall–Kier alpha value is -1.76. The van der Waals surface area contributed by atoms with E-state index in [0.717, 1.165) is 12.8 Å². The van der Waals surface area contributed by atoms with Gasteiger partial charge in [0.15, 0.2) is 11.6 Å². The number of aromatic nitrogens is 2. The number of nitrogens with one attached hydrogen (secondary N) is 1. The number of likely N-dealkylation sites (tertiary alicyclic amines) is 1. The lowest BCUT2D eigenvalue weighted by Crippen LogP contribution is -2.41. The van der Waals surface area contributed by atoms with Crippen LogP contribution in [0, 0.1) is 0 Å². The second-order valence-corrected chi connectivity index (χ2v) is 4.58. The third-order valence-corrected chi connectivity index (χ3v) is 3.23. The number of piperidine rings is 1. The van der Waals surface area contributed by atoms with Gasteiger partial charge >= 0.3 is 6.09 Å². The van der Waals surface area contributed by atoms with Crippen LogP contribution in [0.4, 0.5) is 10.6 Å². The van der Waals surface area contributed by atoms with Gasteiger partial charge in [0.1, 0.15) is 0 Å². The van der Waals surface area contributed by atoms with Crippen LogP contribution in [0.2, 0.25) is 5.28 Å². The summed E-state index contributed by atoms with van der Waals surface area (Å²) in [6, 6.07) is 0.149. The van der Waals surface area contributed by atoms with Crippen molar-refractivity contribution in [2.75, 3.05) is 25.5 Å². The Balaban J connectivity index is 1.99. The van der Waals surface area contributed by atoms with Crippen molar-refractivity contribution in [3.8, 4) is 5.75 Å². The van der Waals surface area contributed by atoms with Crippen molar-refractivity contribution in [1.82, 2.24) is 14.9 Å². The van der Waals surface area contributed by atoms with Crippen molar-refractivity contribution in [1.29, 1.82) is 0 Å². The van der Waals surface area contributed by atoms with Crippen molar-refractivity contribution in [3.05, 3.63) is 11.5 Å². The summed E-state index contributed by atoms with van der Waals surface area (Å²) in [5, 5.41) is 12.2. The van der Waals surface area contributed by atoms with E-state index < -0.39 is 6.09 Å². The number of rotatable bonds is 3. The van der Waals surface area contributed by atoms with Crippen molar-refractivity contribution in [2.24, 2.45) is 0 Å². The van der Waals surface area contributed by atoms with Crippen LogP contribution in [0.3, 0.4) is 0 Å². The Morgan fingerprint density at radius 1 is 1.58 bits per heavy atom. The first-order valence-corrected chi connectivity index (χ1v) is 6.29. The molecule has 2 N–H and O–H groups in total. The maximum Gasteiger partial charge on any atom is 0.407 e. The van der Waals surface area contributed by atoms with E-state index in [-0.39, 0.29) is 11.3 Å². The Kier molecular flexibility index (Phi) is 4.26. The van der Waals surface area contributed by atoms with E-state index >= 15 is 0 Å². The molecule has 0 bridgehead atoms. The fraction of sp³-hybridized carbons (Fsp3) is 0.545. The molecule has 1 aromatic rings. The van der Waals surface area contributed by atoms with E-state index in [4.69, 9.17) is 21.4 Å². The van der Waals surface area contributed by atoms with Gasteiger partial charge in [0.25, 0.3) is 0 Å². The number of hydrogen-bond donors (Lipinski definition) is 2. The van der Waals surface area contributed by atoms with Crippen molar-refractivity contribution >= 4 is 23.5 Å². The third-order valence-electron chi connectivity index (χ3n) is 3.05. The highest BCUT2D eigenvalue weighted by Crippen LogP contribution is 2.24. The Morgan fingerprint density at radius 3 is 2.84 bits per heavy atom. The van der Waals surface area contributed by atoms with Gasteiger partial charge in [-0.3, -0.25) is 0 Å². The van der Waals surface area contributed by atoms with E-state index in [1.54, 1.807) is 0 Å². The topological polar surface area (TPSA) is 87.6 Å². The highest BCUT2D eigenvalue weighted by molar-refractivity contribution is 6.28. The van der Waals surface area contributed by atoms with Crippen LogP contribution < -0.4 is 10.1 Å². The number of nitrogens with zero attached hydrogens (tertiary/aromatic N) is 3. The molecule has 19 heavy (non-hydrogen) atoms. The second kappa shape index (κ2) is 5.92. The van der Waals surface area contributed by atoms with Crippen LogP contribution in [0.5, 0.6) is 5.75 Å². The largest absolute Gasteiger partial charge is 0.491 e. The van der Waals surface area contributed by atoms with Gasteiger partial charge in [-0.05, 0) is 24.4 Å². The number of methoxy groups -OCH3 is 1. The first-order chi connectivity index (χ1) is 9.10. The van der Waals surface area contributed by atoms with Gasteiger partial charge in [-0.2, -0.15) is 4.98 Å². The van der Waals surface area contributed by atoms with Gasteiger partial charge in [0.2, 0.25) is 5.28 Å². The van der Waals surface area contributed by atoms with E-state index in [1.807, 2.05) is 0 Å². The number of halogens is 1. The van der Waals surface area contributed by atoms with E-state index in [0.29, 0.717) is 24.7 Å². The van der Waals surface area contributed by atoms with Crippen LogP contribution >= 0.6 is 11.6 Å². The maximum absolute atomic E-state index is 10.8. The number of ether oxygens (including phenoxy) is 1. The number of amides is 1. The highest BCUT2D eigenvalue weighted by Gasteiger charge is 2.23. The monoisotopic (exact) mass is 286 g/mol. The predicted molar refractivity (Wildman–Crippen MR) is 69.8 cm³/mol. The zero-order chi connectivity index (χ0) is 13.8. The SMILES string of the molecule is COc1cnc(Cl)nc1NC1CCN(C(=O)O)CC1. The molecule has 7 nitrogen and oxygen atoms in total. The number of hydrogen-bond acceptors (Lipinski definition) is 5. The molecular weight excluding hydrogens is 272 g/mol. The van der Waals surface area contributed by atoms with Crippen LogP contribution in [-0.4, -0.2) is 52.3 Å². The normalized spacial score (nSPS) is 16.2. The molecule has 104 valence electrons. The predicted octanol–water partition coefficient (Wildman–Crippen LogP) is 1.69. The molecular formula is C11H15ClN4O3. The number of anilines is 1. The Labute approximate surface area is 115 Å². The summed E-state index contributed by atoms with van der Waals surface area (Å²) < 4.78 is 5.15. The summed E-state index contributed by atoms with van der Waals surface area (Å²) in [6.45, 7) is 1.02. The average Bonchev–Trinajstić information content (AvgIpc) is 2.39. The van der Waals surface area contributed by atoms with E-state index in [1.165, 1.54) is 18.2 Å². The van der Waals surface area contributed by atoms with Gasteiger partial charge in [0.05, 0.1) is 13.3 Å². The fourth-order valence-corrected chi connectivity index (χ4v) is 2.14. The first-order valence-electron chi connectivity index (χ1n) is 5.91. The molecule has 0 atom stereocenters. The van der Waals surface area contributed by atoms with Gasteiger partial charge in [-0.25, -0.2) is 9.78 Å². The molecule has 8 heteroatoms. The molecule has 2 heterocycles. The lowest BCUT2D eigenvalue weighted by molar-refractivity contribution is 0.133. The summed E-state index contributed by atoms with van der Waals surface area (Å²) in [4.78, 5) is 20.1. The van der Waals surface area contributed by atoms with Crippen molar-refractivity contribution in [2.45, 2.75) is 18.9 Å². The summed E-state index contributed by atoms with van der Waals surface area (Å²) in [7, 11) is 1.53. The zero-order valence-electron chi connectivity index (χ0n) is 10.5. The Morgan fingerprint density at radius 2 is 2.26 bits per heavy atom. The summed E-state index contributed by atoms with van der Waals surface area (Å²) in [5.74, 6) is 1.06. The van der Waals surface area contributed by atoms with Gasteiger partial charge in [-0.1, -0.05) is 0 Å². The van der Waals surface area contributed by atoms with Crippen LogP contribution in [0.25, 0.3) is 0 Å². The lowest BCUT2D eigenvalue weighted by Gasteiger charge is -2.30. The molecule has 1 fully saturated rings. The standard InChI is InChI=1S/C11H15ClN4O3/c1-19-8-6-13-10(12)15-9(8)14-7-2-4-16(5-3-7)11(17)18/h6-7H,2-5H2,1H3,(H,17,18)(H,13,14,15). The maximum atomic E-state index is 10.8. The van der Waals surface area contributed by atoms with Gasteiger partial charge < -0.3 is 20.1 Å². The average molecular weight is 287 g/mol. The molecule has 0 saturated carbocycles. The summed E-state index contributed by atoms with van der Waals surface area (Å²) in [5.41, 5.74) is 0. The molecule has 0 spiro atoms. The molecule has 1 aliphatic heterocycles. The molecule has 0 aromatic carbocycles. The fourth-order valence-electron chi connectivity index (χ4n) is 2.01. The third kappa shape index (κ3) is 3.37. The minimum atomic E-state index is -0.874. The molecule has 2 rings (SSSR count). The smallest absolute Gasteiger partial charge is 0.407 e. The number of carboxylic acid groups (broad SMARTS) is 1. The van der Waals surface area contributed by atoms with Gasteiger partial charge in [0, 0.05) is 19.1 Å². The van der Waals surface area contributed by atoms with Crippen LogP contribution in [0.15, 0.2) is 6.20 Å². The first kappa shape index (κ1) is 13.7. The summed E-state index contributed by atoms with van der Waals surface area (Å²) >= 11 is 5.75. The van der Waals surface area contributed by atoms with Crippen molar-refractivity contribution in [3.63, 3.8) is 0 Å². The minimum absolute atomic E-state index is 0.145. The van der Waals surface area contributed by atoms with Gasteiger partial charge in [-0.15, -0.1) is 0 Å². The highest BCUT2D eigenvalue weighted by atomic mass is 35.5. The minimum Gasteiger partial charge on any atom is -0.491 e.